The van der Waals surface area contributed by atoms with Crippen LogP contribution in [-0.2, 0) is 14.3 Å². The van der Waals surface area contributed by atoms with E-state index in [-0.39, 0.29) is 6.61 Å². The molecule has 2 rings (SSSR count). The van der Waals surface area contributed by atoms with Gasteiger partial charge in [0.2, 0.25) is 0 Å². The normalized spacial score (nSPS) is 20.6. The second kappa shape index (κ2) is 6.85. The predicted molar refractivity (Wildman–Crippen MR) is 75.5 cm³/mol. The molecule has 0 heterocycles. The van der Waals surface area contributed by atoms with Gasteiger partial charge in [0.25, 0.3) is 0 Å². The minimum absolute atomic E-state index is 0.0485. The first kappa shape index (κ1) is 15.0. The molecule has 2 atom stereocenters. The number of hydrogen-bond acceptors (Lipinski definition) is 5. The third kappa shape index (κ3) is 4.03. The Morgan fingerprint density at radius 1 is 1.24 bits per heavy atom. The lowest BCUT2D eigenvalue weighted by atomic mass is 9.99. The van der Waals surface area contributed by atoms with Crippen LogP contribution in [0.1, 0.15) is 17.3 Å². The van der Waals surface area contributed by atoms with Crippen molar-refractivity contribution in [2.75, 3.05) is 6.61 Å². The van der Waals surface area contributed by atoms with Crippen LogP contribution in [0.3, 0.4) is 0 Å². The molecule has 0 bridgehead atoms. The van der Waals surface area contributed by atoms with Gasteiger partial charge in [0.05, 0.1) is 5.56 Å². The zero-order valence-corrected chi connectivity index (χ0v) is 11.6. The van der Waals surface area contributed by atoms with Gasteiger partial charge in [-0.1, -0.05) is 36.4 Å². The van der Waals surface area contributed by atoms with E-state index in [0.717, 1.165) is 0 Å². The monoisotopic (exact) mass is 288 g/mol. The summed E-state index contributed by atoms with van der Waals surface area (Å²) >= 11 is 0. The average molecular weight is 288 g/mol. The Hall–Kier alpha value is -2.40. The van der Waals surface area contributed by atoms with E-state index in [1.807, 2.05) is 0 Å². The molecule has 1 aliphatic rings. The number of allylic oxidation sites excluding steroid dienone is 2. The Morgan fingerprint density at radius 3 is 2.62 bits per heavy atom. The van der Waals surface area contributed by atoms with Crippen LogP contribution in [0.2, 0.25) is 0 Å². The van der Waals surface area contributed by atoms with Crippen LogP contribution in [0.5, 0.6) is 0 Å². The van der Waals surface area contributed by atoms with E-state index < -0.39 is 24.1 Å². The maximum Gasteiger partial charge on any atom is 0.338 e. The van der Waals surface area contributed by atoms with E-state index in [4.69, 9.17) is 9.47 Å². The van der Waals surface area contributed by atoms with Crippen LogP contribution in [0, 0.1) is 0 Å². The fraction of sp³-hybridized carbons (Fsp3) is 0.250. The second-order valence-electron chi connectivity index (χ2n) is 4.59. The summed E-state index contributed by atoms with van der Waals surface area (Å²) in [4.78, 5) is 22.9. The van der Waals surface area contributed by atoms with Crippen molar-refractivity contribution in [3.8, 4) is 0 Å². The highest BCUT2D eigenvalue weighted by atomic mass is 16.6. The minimum atomic E-state index is -0.940. The van der Waals surface area contributed by atoms with E-state index in [2.05, 4.69) is 0 Å². The number of carbonyl (C=O) groups excluding carboxylic acids is 2. The molecule has 1 aliphatic carbocycles. The zero-order chi connectivity index (χ0) is 15.2. The van der Waals surface area contributed by atoms with Crippen molar-refractivity contribution >= 4 is 11.9 Å². The van der Waals surface area contributed by atoms with Crippen LogP contribution in [0.4, 0.5) is 0 Å². The Kier molecular flexibility index (Phi) is 4.90. The topological polar surface area (TPSA) is 72.8 Å². The highest BCUT2D eigenvalue weighted by Crippen LogP contribution is 2.18. The van der Waals surface area contributed by atoms with Crippen molar-refractivity contribution in [2.45, 2.75) is 19.1 Å². The van der Waals surface area contributed by atoms with Crippen LogP contribution in [0.25, 0.3) is 0 Å². The van der Waals surface area contributed by atoms with Gasteiger partial charge < -0.3 is 14.6 Å². The molecule has 0 saturated carbocycles. The fourth-order valence-corrected chi connectivity index (χ4v) is 1.97. The fourth-order valence-electron chi connectivity index (χ4n) is 1.97. The number of benzene rings is 1. The van der Waals surface area contributed by atoms with Gasteiger partial charge in [-0.05, 0) is 12.1 Å². The highest BCUT2D eigenvalue weighted by Gasteiger charge is 2.27. The first-order valence-corrected chi connectivity index (χ1v) is 6.52. The predicted octanol–water partition coefficient (Wildman–Crippen LogP) is 1.63. The summed E-state index contributed by atoms with van der Waals surface area (Å²) in [6.45, 7) is 1.21. The minimum Gasteiger partial charge on any atom is -0.457 e. The lowest BCUT2D eigenvalue weighted by Crippen LogP contribution is -2.34. The third-order valence-corrected chi connectivity index (χ3v) is 2.97. The Bertz CT molecular complexity index is 574. The van der Waals surface area contributed by atoms with Gasteiger partial charge in [0.15, 0.2) is 6.10 Å². The van der Waals surface area contributed by atoms with Gasteiger partial charge in [-0.2, -0.15) is 0 Å². The SMILES string of the molecule is CC(=O)O[C@@H]1C(COC(=O)c2ccccc2)=CC=C[C@H]1O. The summed E-state index contributed by atoms with van der Waals surface area (Å²) in [5.41, 5.74) is 0.971. The van der Waals surface area contributed by atoms with E-state index in [0.29, 0.717) is 11.1 Å². The van der Waals surface area contributed by atoms with Crippen molar-refractivity contribution in [3.05, 3.63) is 59.7 Å². The van der Waals surface area contributed by atoms with Crippen molar-refractivity contribution in [2.24, 2.45) is 0 Å². The quantitative estimate of drug-likeness (QED) is 0.853. The molecule has 110 valence electrons. The number of rotatable bonds is 4. The number of esters is 2. The molecule has 21 heavy (non-hydrogen) atoms. The number of carbonyl (C=O) groups is 2. The first-order valence-electron chi connectivity index (χ1n) is 6.52. The smallest absolute Gasteiger partial charge is 0.338 e. The molecule has 0 radical (unpaired) electrons. The lowest BCUT2D eigenvalue weighted by Gasteiger charge is -2.25. The molecule has 0 aromatic heterocycles. The van der Waals surface area contributed by atoms with Crippen LogP contribution < -0.4 is 0 Å². The molecule has 5 nitrogen and oxygen atoms in total. The van der Waals surface area contributed by atoms with E-state index in [1.165, 1.54) is 13.0 Å². The van der Waals surface area contributed by atoms with Gasteiger partial charge in [0, 0.05) is 12.5 Å². The third-order valence-electron chi connectivity index (χ3n) is 2.97. The van der Waals surface area contributed by atoms with E-state index in [9.17, 15) is 14.7 Å². The van der Waals surface area contributed by atoms with Gasteiger partial charge in [-0.25, -0.2) is 4.79 Å². The number of aliphatic hydroxyl groups excluding tert-OH is 1. The Labute approximate surface area is 122 Å². The number of aliphatic hydroxyl groups is 1. The molecule has 0 unspecified atom stereocenters. The largest absolute Gasteiger partial charge is 0.457 e. The maximum atomic E-state index is 11.9. The van der Waals surface area contributed by atoms with Gasteiger partial charge in [-0.3, -0.25) is 4.79 Å². The highest BCUT2D eigenvalue weighted by molar-refractivity contribution is 5.89. The number of hydrogen-bond donors (Lipinski definition) is 1. The van der Waals surface area contributed by atoms with Crippen molar-refractivity contribution in [3.63, 3.8) is 0 Å². The molecule has 0 spiro atoms. The van der Waals surface area contributed by atoms with Crippen LogP contribution in [0.15, 0.2) is 54.1 Å². The molecule has 5 heteroatoms. The summed E-state index contributed by atoms with van der Waals surface area (Å²) in [5.74, 6) is -0.975. The van der Waals surface area contributed by atoms with Crippen LogP contribution >= 0.6 is 0 Å². The van der Waals surface area contributed by atoms with Crippen LogP contribution in [-0.4, -0.2) is 35.9 Å². The summed E-state index contributed by atoms with van der Waals surface area (Å²) in [5, 5.41) is 9.83. The van der Waals surface area contributed by atoms with Crippen molar-refractivity contribution < 1.29 is 24.2 Å². The lowest BCUT2D eigenvalue weighted by molar-refractivity contribution is -0.148. The molecule has 0 amide bonds. The molecule has 0 aliphatic heterocycles. The summed E-state index contributed by atoms with van der Waals surface area (Å²) < 4.78 is 10.2. The Balaban J connectivity index is 2.00. The van der Waals surface area contributed by atoms with Gasteiger partial charge in [-0.15, -0.1) is 0 Å². The summed E-state index contributed by atoms with van der Waals surface area (Å²) in [6.07, 6.45) is 3.05. The van der Waals surface area contributed by atoms with E-state index >= 15 is 0 Å². The summed E-state index contributed by atoms with van der Waals surface area (Å²) in [7, 11) is 0. The van der Waals surface area contributed by atoms with Crippen molar-refractivity contribution in [1.82, 2.24) is 0 Å². The molecular formula is C16H16O5. The first-order chi connectivity index (χ1) is 10.1. The van der Waals surface area contributed by atoms with Gasteiger partial charge in [0.1, 0.15) is 12.7 Å². The Morgan fingerprint density at radius 2 is 1.95 bits per heavy atom. The molecule has 1 N–H and O–H groups in total. The second-order valence-corrected chi connectivity index (χ2v) is 4.59. The summed E-state index contributed by atoms with van der Waals surface area (Å²) in [6, 6.07) is 8.58. The van der Waals surface area contributed by atoms with Gasteiger partial charge >= 0.3 is 11.9 Å². The maximum absolute atomic E-state index is 11.9. The molecule has 1 aromatic carbocycles. The molecule has 1 aromatic rings. The molecule has 0 saturated heterocycles. The number of ether oxygens (including phenoxy) is 2. The average Bonchev–Trinajstić information content (AvgIpc) is 2.48. The zero-order valence-electron chi connectivity index (χ0n) is 11.6. The standard InChI is InChI=1S/C16H16O5/c1-11(17)21-15-13(8-5-9-14(15)18)10-20-16(19)12-6-3-2-4-7-12/h2-9,14-15,18H,10H2,1H3/t14-,15-/m1/s1. The van der Waals surface area contributed by atoms with E-state index in [1.54, 1.807) is 42.5 Å². The van der Waals surface area contributed by atoms with Crippen molar-refractivity contribution in [1.29, 1.82) is 0 Å². The molecule has 0 fully saturated rings. The molecular weight excluding hydrogens is 272 g/mol.